The van der Waals surface area contributed by atoms with Crippen LogP contribution in [0.25, 0.3) is 0 Å². The first kappa shape index (κ1) is 18.1. The fourth-order valence-electron chi connectivity index (χ4n) is 2.24. The molecule has 1 aromatic rings. The van der Waals surface area contributed by atoms with Crippen LogP contribution in [0.5, 0.6) is 0 Å². The predicted octanol–water partition coefficient (Wildman–Crippen LogP) is 2.33. The van der Waals surface area contributed by atoms with Gasteiger partial charge in [-0.3, -0.25) is 0 Å². The lowest BCUT2D eigenvalue weighted by molar-refractivity contribution is 0.0993. The van der Waals surface area contributed by atoms with Gasteiger partial charge >= 0.3 is 12.2 Å². The summed E-state index contributed by atoms with van der Waals surface area (Å²) in [7, 11) is 0. The number of hydrogen-bond acceptors (Lipinski definition) is 6. The number of nitrogens with zero attached hydrogens (tertiary/aromatic N) is 2. The summed E-state index contributed by atoms with van der Waals surface area (Å²) in [6.45, 7) is 6.07. The van der Waals surface area contributed by atoms with Crippen molar-refractivity contribution in [3.8, 4) is 0 Å². The molecule has 0 spiro atoms. The number of nitrogens with two attached hydrogens (primary N) is 2. The Labute approximate surface area is 133 Å². The van der Waals surface area contributed by atoms with E-state index in [0.29, 0.717) is 17.9 Å². The minimum atomic E-state index is -0.891. The number of rotatable bonds is 7. The normalized spacial score (nSPS) is 13.5. The molecule has 2 unspecified atom stereocenters. The summed E-state index contributed by atoms with van der Waals surface area (Å²) < 4.78 is 12.0. The second-order valence-corrected chi connectivity index (χ2v) is 5.45. The van der Waals surface area contributed by atoms with Crippen molar-refractivity contribution < 1.29 is 19.1 Å². The van der Waals surface area contributed by atoms with Gasteiger partial charge in [-0.05, 0) is 26.5 Å². The number of thioether (sulfide) groups is 1. The van der Waals surface area contributed by atoms with Gasteiger partial charge in [-0.25, -0.2) is 14.6 Å². The molecule has 1 rings (SSSR count). The highest BCUT2D eigenvalue weighted by atomic mass is 32.2. The van der Waals surface area contributed by atoms with Crippen molar-refractivity contribution in [1.82, 2.24) is 9.55 Å². The van der Waals surface area contributed by atoms with Crippen LogP contribution >= 0.6 is 11.8 Å². The molecule has 4 N–H and O–H groups in total. The van der Waals surface area contributed by atoms with Crippen LogP contribution in [0.2, 0.25) is 0 Å². The summed E-state index contributed by atoms with van der Waals surface area (Å²) in [5.74, 6) is 0. The Morgan fingerprint density at radius 3 is 2.23 bits per heavy atom. The average Bonchev–Trinajstić information content (AvgIpc) is 2.76. The van der Waals surface area contributed by atoms with E-state index in [1.165, 1.54) is 11.8 Å². The smallest absolute Gasteiger partial charge is 0.405 e. The van der Waals surface area contributed by atoms with E-state index >= 15 is 0 Å². The van der Waals surface area contributed by atoms with Gasteiger partial charge in [0.2, 0.25) is 0 Å². The number of ether oxygens (including phenoxy) is 2. The molecule has 0 aliphatic heterocycles. The van der Waals surface area contributed by atoms with Crippen LogP contribution < -0.4 is 11.5 Å². The van der Waals surface area contributed by atoms with Crippen molar-refractivity contribution in [1.29, 1.82) is 0 Å². The summed E-state index contributed by atoms with van der Waals surface area (Å²) in [6, 6.07) is 0. The first-order valence-corrected chi connectivity index (χ1v) is 8.10. The first-order valence-electron chi connectivity index (χ1n) is 6.88. The number of imidazole rings is 1. The van der Waals surface area contributed by atoms with Crippen LogP contribution in [0.1, 0.15) is 50.8 Å². The number of primary amides is 2. The molecule has 0 radical (unpaired) electrons. The Balaban J connectivity index is 3.34. The van der Waals surface area contributed by atoms with Gasteiger partial charge in [-0.1, -0.05) is 18.7 Å². The summed E-state index contributed by atoms with van der Waals surface area (Å²) in [5, 5.41) is 0.742. The van der Waals surface area contributed by atoms with Crippen molar-refractivity contribution >= 4 is 23.9 Å². The first-order chi connectivity index (χ1) is 10.3. The van der Waals surface area contributed by atoms with E-state index in [2.05, 4.69) is 4.98 Å². The van der Waals surface area contributed by atoms with Crippen molar-refractivity contribution in [2.45, 2.75) is 51.1 Å². The lowest BCUT2D eigenvalue weighted by Gasteiger charge is -2.19. The maximum absolute atomic E-state index is 11.0. The third-order valence-electron chi connectivity index (χ3n) is 2.99. The highest BCUT2D eigenvalue weighted by Crippen LogP contribution is 2.32. The number of amides is 2. The average molecular weight is 330 g/mol. The van der Waals surface area contributed by atoms with Crippen LogP contribution in [0.15, 0.2) is 5.16 Å². The molecule has 0 fully saturated rings. The maximum Gasteiger partial charge on any atom is 0.405 e. The Bertz CT molecular complexity index is 546. The van der Waals surface area contributed by atoms with Crippen molar-refractivity contribution in [2.75, 3.05) is 6.26 Å². The third kappa shape index (κ3) is 4.30. The molecule has 2 amide bonds. The van der Waals surface area contributed by atoms with Gasteiger partial charge in [0, 0.05) is 6.54 Å². The minimum absolute atomic E-state index is 0.505. The molecule has 0 aromatic carbocycles. The molecular formula is C13H22N4O4S. The lowest BCUT2D eigenvalue weighted by Crippen LogP contribution is -2.21. The number of carbonyl (C=O) groups is 2. The van der Waals surface area contributed by atoms with Crippen LogP contribution in [-0.2, 0) is 16.0 Å². The fourth-order valence-corrected chi connectivity index (χ4v) is 2.84. The Morgan fingerprint density at radius 1 is 1.23 bits per heavy atom. The monoisotopic (exact) mass is 330 g/mol. The van der Waals surface area contributed by atoms with Crippen LogP contribution in [0, 0.1) is 0 Å². The van der Waals surface area contributed by atoms with E-state index in [1.54, 1.807) is 13.8 Å². The summed E-state index contributed by atoms with van der Waals surface area (Å²) >= 11 is 1.45. The molecule has 0 saturated carbocycles. The second kappa shape index (κ2) is 7.92. The van der Waals surface area contributed by atoms with Crippen LogP contribution in [0.4, 0.5) is 9.59 Å². The van der Waals surface area contributed by atoms with E-state index in [9.17, 15) is 9.59 Å². The van der Waals surface area contributed by atoms with Gasteiger partial charge in [0.15, 0.2) is 5.16 Å². The second-order valence-electron chi connectivity index (χ2n) is 4.68. The zero-order valence-electron chi connectivity index (χ0n) is 13.2. The lowest BCUT2D eigenvalue weighted by atomic mass is 10.1. The zero-order valence-corrected chi connectivity index (χ0v) is 14.0. The molecule has 0 saturated heterocycles. The van der Waals surface area contributed by atoms with Crippen molar-refractivity contribution in [2.24, 2.45) is 11.5 Å². The molecule has 2 atom stereocenters. The zero-order chi connectivity index (χ0) is 16.9. The van der Waals surface area contributed by atoms with E-state index in [0.717, 1.165) is 11.6 Å². The van der Waals surface area contributed by atoms with E-state index in [1.807, 2.05) is 17.7 Å². The van der Waals surface area contributed by atoms with Gasteiger partial charge in [-0.2, -0.15) is 0 Å². The van der Waals surface area contributed by atoms with Gasteiger partial charge < -0.3 is 25.5 Å². The molecular weight excluding hydrogens is 308 g/mol. The Hall–Kier alpha value is -1.90. The molecule has 0 aliphatic carbocycles. The van der Waals surface area contributed by atoms with E-state index in [-0.39, 0.29) is 0 Å². The Kier molecular flexibility index (Phi) is 6.54. The summed E-state index contributed by atoms with van der Waals surface area (Å²) in [5.41, 5.74) is 11.3. The molecule has 8 nitrogen and oxygen atoms in total. The molecule has 124 valence electrons. The van der Waals surface area contributed by atoms with Gasteiger partial charge in [0.25, 0.3) is 0 Å². The predicted molar refractivity (Wildman–Crippen MR) is 82.5 cm³/mol. The highest BCUT2D eigenvalue weighted by Gasteiger charge is 2.28. The van der Waals surface area contributed by atoms with Crippen LogP contribution in [0.3, 0.4) is 0 Å². The van der Waals surface area contributed by atoms with Crippen molar-refractivity contribution in [3.05, 3.63) is 11.4 Å². The highest BCUT2D eigenvalue weighted by molar-refractivity contribution is 7.98. The third-order valence-corrected chi connectivity index (χ3v) is 3.66. The molecule has 0 aliphatic rings. The largest absolute Gasteiger partial charge is 0.440 e. The van der Waals surface area contributed by atoms with Gasteiger partial charge in [0.05, 0.1) is 5.69 Å². The quantitative estimate of drug-likeness (QED) is 0.740. The number of carbonyl (C=O) groups excluding carboxylic acids is 2. The van der Waals surface area contributed by atoms with E-state index in [4.69, 9.17) is 20.9 Å². The summed E-state index contributed by atoms with van der Waals surface area (Å²) in [6.07, 6.45) is -0.289. The van der Waals surface area contributed by atoms with Gasteiger partial charge in [-0.15, -0.1) is 0 Å². The summed E-state index contributed by atoms with van der Waals surface area (Å²) in [4.78, 5) is 26.5. The topological polar surface area (TPSA) is 122 Å². The minimum Gasteiger partial charge on any atom is -0.440 e. The standard InChI is InChI=1S/C13H22N4O4S/c1-5-6-17-10(8(3)21-12(15)19)9(16-13(17)22-4)7(2)20-11(14)18/h7-8H,5-6H2,1-4H3,(H2,14,18)(H2,15,19). The van der Waals surface area contributed by atoms with Crippen molar-refractivity contribution in [3.63, 3.8) is 0 Å². The van der Waals surface area contributed by atoms with Gasteiger partial charge in [0.1, 0.15) is 17.9 Å². The Morgan fingerprint density at radius 2 is 1.77 bits per heavy atom. The van der Waals surface area contributed by atoms with E-state index < -0.39 is 24.4 Å². The molecule has 1 aromatic heterocycles. The molecule has 0 bridgehead atoms. The SMILES string of the molecule is CCCn1c(SC)nc(C(C)OC(N)=O)c1C(C)OC(N)=O. The number of hydrogen-bond donors (Lipinski definition) is 2. The number of aromatic nitrogens is 2. The fraction of sp³-hybridized carbons (Fsp3) is 0.615. The molecule has 9 heteroatoms. The van der Waals surface area contributed by atoms with Crippen LogP contribution in [-0.4, -0.2) is 28.0 Å². The molecule has 22 heavy (non-hydrogen) atoms. The molecule has 1 heterocycles. The maximum atomic E-state index is 11.0.